The molecule has 4 nitrogen and oxygen atoms in total. The van der Waals surface area contributed by atoms with Gasteiger partial charge in [-0.05, 0) is 19.3 Å². The van der Waals surface area contributed by atoms with Crippen molar-refractivity contribution < 1.29 is 8.42 Å². The molecule has 0 aliphatic carbocycles. The summed E-state index contributed by atoms with van der Waals surface area (Å²) in [6.45, 7) is 6.45. The predicted molar refractivity (Wildman–Crippen MR) is 67.0 cm³/mol. The zero-order chi connectivity index (χ0) is 12.0. The van der Waals surface area contributed by atoms with E-state index in [9.17, 15) is 8.42 Å². The maximum Gasteiger partial charge on any atom is 0.214 e. The number of hydrogen-bond acceptors (Lipinski definition) is 3. The van der Waals surface area contributed by atoms with E-state index in [-0.39, 0.29) is 0 Å². The SMILES string of the molecule is CCCC(CC)NCCN1CCCS1(=O)=O. The minimum Gasteiger partial charge on any atom is -0.313 e. The van der Waals surface area contributed by atoms with Gasteiger partial charge in [0.25, 0.3) is 0 Å². The smallest absolute Gasteiger partial charge is 0.214 e. The van der Waals surface area contributed by atoms with Crippen molar-refractivity contribution >= 4 is 10.0 Å². The summed E-state index contributed by atoms with van der Waals surface area (Å²) in [6.07, 6.45) is 4.24. The van der Waals surface area contributed by atoms with Gasteiger partial charge in [0.1, 0.15) is 0 Å². The molecule has 1 rings (SSSR count). The Hall–Kier alpha value is -0.130. The Balaban J connectivity index is 2.24. The van der Waals surface area contributed by atoms with Gasteiger partial charge in [-0.2, -0.15) is 0 Å². The van der Waals surface area contributed by atoms with Gasteiger partial charge in [-0.3, -0.25) is 0 Å². The summed E-state index contributed by atoms with van der Waals surface area (Å²) < 4.78 is 24.7. The lowest BCUT2D eigenvalue weighted by Crippen LogP contribution is -2.37. The summed E-state index contributed by atoms with van der Waals surface area (Å²) >= 11 is 0. The summed E-state index contributed by atoms with van der Waals surface area (Å²) in [5.41, 5.74) is 0. The van der Waals surface area contributed by atoms with Gasteiger partial charge in [0.05, 0.1) is 5.75 Å². The van der Waals surface area contributed by atoms with Gasteiger partial charge in [-0.15, -0.1) is 0 Å². The molecule has 0 amide bonds. The Bertz CT molecular complexity index is 290. The molecular formula is C11H24N2O2S. The maximum atomic E-state index is 11.5. The highest BCUT2D eigenvalue weighted by Crippen LogP contribution is 2.12. The topological polar surface area (TPSA) is 49.4 Å². The normalized spacial score (nSPS) is 22.4. The summed E-state index contributed by atoms with van der Waals surface area (Å²) in [5, 5.41) is 3.43. The molecule has 1 heterocycles. The number of rotatable bonds is 7. The van der Waals surface area contributed by atoms with Crippen LogP contribution in [0.5, 0.6) is 0 Å². The van der Waals surface area contributed by atoms with E-state index in [1.54, 1.807) is 4.31 Å². The Morgan fingerprint density at radius 3 is 2.62 bits per heavy atom. The van der Waals surface area contributed by atoms with Crippen LogP contribution in [0.2, 0.25) is 0 Å². The lowest BCUT2D eigenvalue weighted by molar-refractivity contribution is 0.399. The molecule has 0 radical (unpaired) electrons. The van der Waals surface area contributed by atoms with E-state index in [2.05, 4.69) is 19.2 Å². The monoisotopic (exact) mass is 248 g/mol. The molecule has 0 saturated carbocycles. The second kappa shape index (κ2) is 6.57. The van der Waals surface area contributed by atoms with Crippen LogP contribution in [0.15, 0.2) is 0 Å². The fraction of sp³-hybridized carbons (Fsp3) is 1.00. The first-order chi connectivity index (χ1) is 7.60. The molecule has 16 heavy (non-hydrogen) atoms. The quantitative estimate of drug-likeness (QED) is 0.736. The molecule has 0 aromatic carbocycles. The molecule has 0 aromatic heterocycles. The van der Waals surface area contributed by atoms with Crippen molar-refractivity contribution in [3.8, 4) is 0 Å². The summed E-state index contributed by atoms with van der Waals surface area (Å²) in [7, 11) is -2.91. The van der Waals surface area contributed by atoms with Crippen LogP contribution in [0, 0.1) is 0 Å². The first-order valence-corrected chi connectivity index (χ1v) is 7.92. The van der Waals surface area contributed by atoms with E-state index in [4.69, 9.17) is 0 Å². The van der Waals surface area contributed by atoms with Crippen LogP contribution in [0.1, 0.15) is 39.5 Å². The average molecular weight is 248 g/mol. The average Bonchev–Trinajstić information content (AvgIpc) is 2.57. The van der Waals surface area contributed by atoms with Crippen molar-refractivity contribution in [3.63, 3.8) is 0 Å². The van der Waals surface area contributed by atoms with Crippen LogP contribution >= 0.6 is 0 Å². The van der Waals surface area contributed by atoms with Crippen molar-refractivity contribution in [2.75, 3.05) is 25.4 Å². The van der Waals surface area contributed by atoms with E-state index < -0.39 is 10.0 Å². The summed E-state index contributed by atoms with van der Waals surface area (Å²) in [6, 6.07) is 0.537. The summed E-state index contributed by atoms with van der Waals surface area (Å²) in [5.74, 6) is 0.333. The van der Waals surface area contributed by atoms with Crippen molar-refractivity contribution in [2.24, 2.45) is 0 Å². The van der Waals surface area contributed by atoms with Crippen molar-refractivity contribution in [1.82, 2.24) is 9.62 Å². The Morgan fingerprint density at radius 2 is 2.12 bits per heavy atom. The highest BCUT2D eigenvalue weighted by molar-refractivity contribution is 7.89. The van der Waals surface area contributed by atoms with Crippen LogP contribution in [-0.2, 0) is 10.0 Å². The van der Waals surface area contributed by atoms with E-state index in [1.165, 1.54) is 12.8 Å². The second-order valence-corrected chi connectivity index (χ2v) is 6.51. The van der Waals surface area contributed by atoms with E-state index >= 15 is 0 Å². The molecule has 1 aliphatic rings. The molecular weight excluding hydrogens is 224 g/mol. The Morgan fingerprint density at radius 1 is 1.38 bits per heavy atom. The molecule has 1 fully saturated rings. The number of nitrogens with zero attached hydrogens (tertiary/aromatic N) is 1. The third-order valence-electron chi connectivity index (χ3n) is 3.13. The van der Waals surface area contributed by atoms with Gasteiger partial charge in [-0.25, -0.2) is 12.7 Å². The molecule has 1 N–H and O–H groups in total. The number of sulfonamides is 1. The highest BCUT2D eigenvalue weighted by atomic mass is 32.2. The number of hydrogen-bond donors (Lipinski definition) is 1. The van der Waals surface area contributed by atoms with E-state index in [0.717, 1.165) is 19.4 Å². The van der Waals surface area contributed by atoms with E-state index in [0.29, 0.717) is 24.9 Å². The van der Waals surface area contributed by atoms with Gasteiger partial charge in [0.15, 0.2) is 0 Å². The molecule has 0 aromatic rings. The molecule has 1 unspecified atom stereocenters. The predicted octanol–water partition coefficient (Wildman–Crippen LogP) is 1.19. The van der Waals surface area contributed by atoms with Gasteiger partial charge in [0, 0.05) is 25.7 Å². The standard InChI is InChI=1S/C11H24N2O2S/c1-3-6-11(4-2)12-7-9-13-8-5-10-16(13,14)15/h11-12H,3-10H2,1-2H3. The molecule has 96 valence electrons. The first-order valence-electron chi connectivity index (χ1n) is 6.31. The Labute approximate surface area is 99.5 Å². The van der Waals surface area contributed by atoms with Crippen LogP contribution in [0.3, 0.4) is 0 Å². The lowest BCUT2D eigenvalue weighted by atomic mass is 10.1. The molecule has 0 bridgehead atoms. The first kappa shape index (κ1) is 13.9. The maximum absolute atomic E-state index is 11.5. The second-order valence-electron chi connectivity index (χ2n) is 4.42. The Kier molecular flexibility index (Phi) is 5.72. The van der Waals surface area contributed by atoms with Crippen LogP contribution in [0.25, 0.3) is 0 Å². The molecule has 5 heteroatoms. The van der Waals surface area contributed by atoms with Crippen molar-refractivity contribution in [3.05, 3.63) is 0 Å². The minimum atomic E-state index is -2.91. The van der Waals surface area contributed by atoms with Gasteiger partial charge < -0.3 is 5.32 Å². The largest absolute Gasteiger partial charge is 0.313 e. The minimum absolute atomic E-state index is 0.333. The lowest BCUT2D eigenvalue weighted by Gasteiger charge is -2.19. The molecule has 1 atom stereocenters. The molecule has 1 aliphatic heterocycles. The fourth-order valence-electron chi connectivity index (χ4n) is 2.13. The summed E-state index contributed by atoms with van der Waals surface area (Å²) in [4.78, 5) is 0. The number of nitrogens with one attached hydrogen (secondary N) is 1. The van der Waals surface area contributed by atoms with Crippen LogP contribution in [0.4, 0.5) is 0 Å². The zero-order valence-electron chi connectivity index (χ0n) is 10.4. The van der Waals surface area contributed by atoms with E-state index in [1.807, 2.05) is 0 Å². The third kappa shape index (κ3) is 4.03. The zero-order valence-corrected chi connectivity index (χ0v) is 11.2. The van der Waals surface area contributed by atoms with Gasteiger partial charge >= 0.3 is 0 Å². The van der Waals surface area contributed by atoms with Crippen LogP contribution in [-0.4, -0.2) is 44.2 Å². The molecule has 1 saturated heterocycles. The highest BCUT2D eigenvalue weighted by Gasteiger charge is 2.27. The molecule has 0 spiro atoms. The van der Waals surface area contributed by atoms with Crippen molar-refractivity contribution in [1.29, 1.82) is 0 Å². The van der Waals surface area contributed by atoms with Crippen LogP contribution < -0.4 is 5.32 Å². The van der Waals surface area contributed by atoms with Gasteiger partial charge in [0.2, 0.25) is 10.0 Å². The fourth-order valence-corrected chi connectivity index (χ4v) is 3.66. The third-order valence-corrected chi connectivity index (χ3v) is 5.08. The van der Waals surface area contributed by atoms with Gasteiger partial charge in [-0.1, -0.05) is 20.3 Å². The van der Waals surface area contributed by atoms with Crippen molar-refractivity contribution in [2.45, 2.75) is 45.6 Å².